The third-order valence-corrected chi connectivity index (χ3v) is 2.47. The van der Waals surface area contributed by atoms with E-state index < -0.39 is 0 Å². The molecular formula is C11H22O4. The van der Waals surface area contributed by atoms with E-state index in [-0.39, 0.29) is 19.0 Å². The van der Waals surface area contributed by atoms with Crippen LogP contribution in [0.3, 0.4) is 0 Å². The molecular weight excluding hydrogens is 196 g/mol. The molecule has 2 aliphatic heterocycles. The van der Waals surface area contributed by atoms with E-state index in [1.807, 2.05) is 6.92 Å². The fraction of sp³-hybridized carbons (Fsp3) is 1.00. The highest BCUT2D eigenvalue weighted by Crippen LogP contribution is 2.12. The Morgan fingerprint density at radius 3 is 2.33 bits per heavy atom. The van der Waals surface area contributed by atoms with Gasteiger partial charge >= 0.3 is 0 Å². The Morgan fingerprint density at radius 1 is 1.20 bits per heavy atom. The fourth-order valence-electron chi connectivity index (χ4n) is 1.65. The van der Waals surface area contributed by atoms with Gasteiger partial charge in [-0.1, -0.05) is 0 Å². The van der Waals surface area contributed by atoms with Crippen LogP contribution in [0.1, 0.15) is 32.6 Å². The largest absolute Gasteiger partial charge is 0.394 e. The quantitative estimate of drug-likeness (QED) is 0.776. The monoisotopic (exact) mass is 218 g/mol. The molecule has 4 heteroatoms. The second-order valence-corrected chi connectivity index (χ2v) is 3.72. The molecule has 2 unspecified atom stereocenters. The lowest BCUT2D eigenvalue weighted by Crippen LogP contribution is -2.09. The van der Waals surface area contributed by atoms with Gasteiger partial charge in [0.05, 0.1) is 12.7 Å². The maximum Gasteiger partial charge on any atom is 0.157 e. The van der Waals surface area contributed by atoms with E-state index in [1.54, 1.807) is 0 Å². The fourth-order valence-corrected chi connectivity index (χ4v) is 1.65. The van der Waals surface area contributed by atoms with Crippen LogP contribution in [0.4, 0.5) is 0 Å². The van der Waals surface area contributed by atoms with Crippen molar-refractivity contribution in [2.45, 2.75) is 45.0 Å². The smallest absolute Gasteiger partial charge is 0.157 e. The van der Waals surface area contributed by atoms with Gasteiger partial charge in [-0.05, 0) is 26.2 Å². The summed E-state index contributed by atoms with van der Waals surface area (Å²) in [5, 5.41) is 8.44. The Morgan fingerprint density at radius 2 is 1.93 bits per heavy atom. The molecule has 0 amide bonds. The first-order valence-electron chi connectivity index (χ1n) is 5.82. The van der Waals surface area contributed by atoms with Gasteiger partial charge < -0.3 is 19.3 Å². The van der Waals surface area contributed by atoms with Crippen LogP contribution >= 0.6 is 0 Å². The number of rotatable bonds is 3. The molecule has 0 bridgehead atoms. The number of ether oxygens (including phenoxy) is 3. The van der Waals surface area contributed by atoms with Crippen LogP contribution in [0.5, 0.6) is 0 Å². The van der Waals surface area contributed by atoms with Crippen molar-refractivity contribution in [3.8, 4) is 0 Å². The molecule has 2 atom stereocenters. The van der Waals surface area contributed by atoms with Gasteiger partial charge in [-0.15, -0.1) is 0 Å². The summed E-state index contributed by atoms with van der Waals surface area (Å²) in [5.41, 5.74) is 0. The van der Waals surface area contributed by atoms with E-state index in [2.05, 4.69) is 0 Å². The lowest BCUT2D eigenvalue weighted by Gasteiger charge is -2.06. The van der Waals surface area contributed by atoms with Gasteiger partial charge in [-0.3, -0.25) is 0 Å². The predicted octanol–water partition coefficient (Wildman–Crippen LogP) is 1.32. The normalized spacial score (nSPS) is 30.0. The van der Waals surface area contributed by atoms with E-state index in [0.29, 0.717) is 0 Å². The Labute approximate surface area is 91.5 Å². The molecule has 2 aliphatic rings. The highest BCUT2D eigenvalue weighted by molar-refractivity contribution is 4.61. The molecule has 0 aromatic carbocycles. The molecule has 90 valence electrons. The molecule has 2 rings (SSSR count). The summed E-state index contributed by atoms with van der Waals surface area (Å²) in [6, 6.07) is 0. The molecule has 0 spiro atoms. The average Bonchev–Trinajstić information content (AvgIpc) is 2.91. The Kier molecular flexibility index (Phi) is 6.92. The van der Waals surface area contributed by atoms with Crippen molar-refractivity contribution in [3.05, 3.63) is 0 Å². The summed E-state index contributed by atoms with van der Waals surface area (Å²) in [5.74, 6) is 0. The number of hydrogen-bond acceptors (Lipinski definition) is 4. The molecule has 2 saturated heterocycles. The van der Waals surface area contributed by atoms with Crippen LogP contribution in [-0.4, -0.2) is 43.9 Å². The van der Waals surface area contributed by atoms with Crippen molar-refractivity contribution in [2.75, 3.05) is 26.4 Å². The van der Waals surface area contributed by atoms with Crippen LogP contribution < -0.4 is 0 Å². The standard InChI is InChI=1S/C6H12O2.C5H10O2/c1-2-7-6-4-3-5-8-6;6-4-5-2-1-3-7-5/h6H,2-5H2,1H3;5-6H,1-4H2. The number of aliphatic hydroxyl groups is 1. The third kappa shape index (κ3) is 5.47. The van der Waals surface area contributed by atoms with Gasteiger partial charge in [0.2, 0.25) is 0 Å². The summed E-state index contributed by atoms with van der Waals surface area (Å²) in [7, 11) is 0. The summed E-state index contributed by atoms with van der Waals surface area (Å²) in [6.45, 7) is 4.67. The molecule has 0 saturated carbocycles. The van der Waals surface area contributed by atoms with E-state index in [0.717, 1.165) is 45.5 Å². The molecule has 0 radical (unpaired) electrons. The molecule has 15 heavy (non-hydrogen) atoms. The van der Waals surface area contributed by atoms with Crippen LogP contribution in [0, 0.1) is 0 Å². The van der Waals surface area contributed by atoms with Crippen molar-refractivity contribution in [1.29, 1.82) is 0 Å². The first-order valence-corrected chi connectivity index (χ1v) is 5.82. The first-order chi connectivity index (χ1) is 7.36. The zero-order valence-corrected chi connectivity index (χ0v) is 9.48. The third-order valence-electron chi connectivity index (χ3n) is 2.47. The van der Waals surface area contributed by atoms with Gasteiger partial charge in [0.25, 0.3) is 0 Å². The number of aliphatic hydroxyl groups excluding tert-OH is 1. The van der Waals surface area contributed by atoms with Crippen molar-refractivity contribution in [3.63, 3.8) is 0 Å². The molecule has 2 fully saturated rings. The Hall–Kier alpha value is -0.160. The van der Waals surface area contributed by atoms with Gasteiger partial charge in [0.1, 0.15) is 0 Å². The molecule has 4 nitrogen and oxygen atoms in total. The van der Waals surface area contributed by atoms with E-state index in [9.17, 15) is 0 Å². The SMILES string of the molecule is CCOC1CCCO1.OCC1CCCO1. The minimum absolute atomic E-state index is 0.111. The van der Waals surface area contributed by atoms with Crippen molar-refractivity contribution in [1.82, 2.24) is 0 Å². The predicted molar refractivity (Wildman–Crippen MR) is 56.7 cm³/mol. The maximum absolute atomic E-state index is 8.44. The zero-order chi connectivity index (χ0) is 10.9. The Balaban J connectivity index is 0.000000151. The van der Waals surface area contributed by atoms with Gasteiger partial charge in [0, 0.05) is 26.2 Å². The van der Waals surface area contributed by atoms with Gasteiger partial charge in [-0.2, -0.15) is 0 Å². The first kappa shape index (κ1) is 12.9. The molecule has 0 aromatic heterocycles. The van der Waals surface area contributed by atoms with Crippen LogP contribution in [0.2, 0.25) is 0 Å². The molecule has 0 aliphatic carbocycles. The minimum atomic E-state index is 0.111. The molecule has 2 heterocycles. The highest BCUT2D eigenvalue weighted by atomic mass is 16.7. The lowest BCUT2D eigenvalue weighted by molar-refractivity contribution is -0.106. The summed E-state index contributed by atoms with van der Waals surface area (Å²) in [4.78, 5) is 0. The minimum Gasteiger partial charge on any atom is -0.394 e. The summed E-state index contributed by atoms with van der Waals surface area (Å²) in [6.07, 6.45) is 4.65. The summed E-state index contributed by atoms with van der Waals surface area (Å²) >= 11 is 0. The molecule has 0 aromatic rings. The second-order valence-electron chi connectivity index (χ2n) is 3.72. The summed E-state index contributed by atoms with van der Waals surface area (Å²) < 4.78 is 15.4. The van der Waals surface area contributed by atoms with Crippen molar-refractivity contribution >= 4 is 0 Å². The van der Waals surface area contributed by atoms with Crippen LogP contribution in [0.15, 0.2) is 0 Å². The van der Waals surface area contributed by atoms with Gasteiger partial charge in [-0.25, -0.2) is 0 Å². The van der Waals surface area contributed by atoms with Crippen LogP contribution in [-0.2, 0) is 14.2 Å². The van der Waals surface area contributed by atoms with Gasteiger partial charge in [0.15, 0.2) is 6.29 Å². The molecule has 1 N–H and O–H groups in total. The maximum atomic E-state index is 8.44. The zero-order valence-electron chi connectivity index (χ0n) is 9.48. The Bertz CT molecular complexity index is 140. The second kappa shape index (κ2) is 8.05. The highest BCUT2D eigenvalue weighted by Gasteiger charge is 2.14. The van der Waals surface area contributed by atoms with E-state index in [4.69, 9.17) is 19.3 Å². The van der Waals surface area contributed by atoms with E-state index >= 15 is 0 Å². The van der Waals surface area contributed by atoms with Crippen LogP contribution in [0.25, 0.3) is 0 Å². The van der Waals surface area contributed by atoms with E-state index in [1.165, 1.54) is 0 Å². The lowest BCUT2D eigenvalue weighted by atomic mass is 10.2. The average molecular weight is 218 g/mol. The topological polar surface area (TPSA) is 47.9 Å². The van der Waals surface area contributed by atoms with Crippen molar-refractivity contribution in [2.24, 2.45) is 0 Å². The number of hydrogen-bond donors (Lipinski definition) is 1. The van der Waals surface area contributed by atoms with Crippen molar-refractivity contribution < 1.29 is 19.3 Å².